The van der Waals surface area contributed by atoms with Gasteiger partial charge in [0.25, 0.3) is 0 Å². The van der Waals surface area contributed by atoms with Gasteiger partial charge in [0, 0.05) is 22.9 Å². The summed E-state index contributed by atoms with van der Waals surface area (Å²) < 4.78 is 28.3. The maximum absolute atomic E-state index is 14.4. The average Bonchev–Trinajstić information content (AvgIpc) is 2.49. The van der Waals surface area contributed by atoms with Crippen LogP contribution in [0.5, 0.6) is 0 Å². The van der Waals surface area contributed by atoms with Crippen molar-refractivity contribution in [3.05, 3.63) is 29.6 Å². The SMILES string of the molecule is Nc1ccc(F)c([C@]23CC[C@@H](F)C[C@H]2CSC(NC(=O)O)=N3)c1. The van der Waals surface area contributed by atoms with Crippen molar-refractivity contribution in [2.75, 3.05) is 11.5 Å². The number of fused-ring (bicyclic) bond motifs is 1. The van der Waals surface area contributed by atoms with Crippen molar-refractivity contribution in [3.8, 4) is 0 Å². The number of hydrogen-bond acceptors (Lipinski definition) is 4. The molecule has 2 aliphatic rings. The summed E-state index contributed by atoms with van der Waals surface area (Å²) >= 11 is 1.22. The van der Waals surface area contributed by atoms with E-state index in [-0.39, 0.29) is 23.9 Å². The number of carboxylic acid groups (broad SMARTS) is 1. The maximum Gasteiger partial charge on any atom is 0.410 e. The summed E-state index contributed by atoms with van der Waals surface area (Å²) in [5, 5.41) is 11.4. The highest BCUT2D eigenvalue weighted by Crippen LogP contribution is 2.50. The van der Waals surface area contributed by atoms with E-state index in [2.05, 4.69) is 10.3 Å². The number of aliphatic imine (C=N–C) groups is 1. The highest BCUT2D eigenvalue weighted by molar-refractivity contribution is 8.13. The van der Waals surface area contributed by atoms with Gasteiger partial charge in [-0.1, -0.05) is 11.8 Å². The molecule has 0 bridgehead atoms. The molecule has 0 radical (unpaired) electrons. The molecule has 0 aromatic heterocycles. The maximum atomic E-state index is 14.4. The van der Waals surface area contributed by atoms with E-state index in [9.17, 15) is 13.6 Å². The largest absolute Gasteiger partial charge is 0.465 e. The topological polar surface area (TPSA) is 87.7 Å². The molecule has 4 N–H and O–H groups in total. The number of nitrogens with two attached hydrogens (primary N) is 1. The fourth-order valence-corrected chi connectivity index (χ4v) is 4.55. The first kappa shape index (κ1) is 16.0. The van der Waals surface area contributed by atoms with Crippen molar-refractivity contribution in [2.45, 2.75) is 31.0 Å². The average molecular weight is 341 g/mol. The molecule has 1 aliphatic heterocycles. The van der Waals surface area contributed by atoms with Crippen LogP contribution in [0.1, 0.15) is 24.8 Å². The van der Waals surface area contributed by atoms with Crippen LogP contribution in [0.3, 0.4) is 0 Å². The summed E-state index contributed by atoms with van der Waals surface area (Å²) in [6.45, 7) is 0. The van der Waals surface area contributed by atoms with Crippen LogP contribution in [0.25, 0.3) is 0 Å². The second-order valence-electron chi connectivity index (χ2n) is 5.89. The number of alkyl halides is 1. The third-order valence-electron chi connectivity index (χ3n) is 4.45. The quantitative estimate of drug-likeness (QED) is 0.685. The van der Waals surface area contributed by atoms with E-state index in [4.69, 9.17) is 10.8 Å². The van der Waals surface area contributed by atoms with Gasteiger partial charge in [-0.15, -0.1) is 0 Å². The van der Waals surface area contributed by atoms with E-state index >= 15 is 0 Å². The van der Waals surface area contributed by atoms with Gasteiger partial charge in [-0.3, -0.25) is 10.3 Å². The van der Waals surface area contributed by atoms with Gasteiger partial charge in [0.05, 0.1) is 5.54 Å². The van der Waals surface area contributed by atoms with Gasteiger partial charge in [-0.25, -0.2) is 13.6 Å². The molecule has 3 rings (SSSR count). The molecular formula is C15H17F2N3O2S. The smallest absolute Gasteiger partial charge is 0.410 e. The van der Waals surface area contributed by atoms with Gasteiger partial charge < -0.3 is 10.8 Å². The van der Waals surface area contributed by atoms with Crippen molar-refractivity contribution in [3.63, 3.8) is 0 Å². The first-order valence-electron chi connectivity index (χ1n) is 7.33. The zero-order chi connectivity index (χ0) is 16.6. The molecule has 1 amide bonds. The first-order chi connectivity index (χ1) is 10.9. The Kier molecular flexibility index (Phi) is 4.18. The Labute approximate surface area is 136 Å². The minimum atomic E-state index is -1.22. The molecule has 0 spiro atoms. The fourth-order valence-electron chi connectivity index (χ4n) is 3.39. The van der Waals surface area contributed by atoms with Crippen LogP contribution in [-0.4, -0.2) is 28.3 Å². The van der Waals surface area contributed by atoms with Crippen LogP contribution in [-0.2, 0) is 5.54 Å². The van der Waals surface area contributed by atoms with Gasteiger partial charge in [0.1, 0.15) is 12.0 Å². The summed E-state index contributed by atoms with van der Waals surface area (Å²) in [5.41, 5.74) is 5.54. The summed E-state index contributed by atoms with van der Waals surface area (Å²) in [5.74, 6) is -0.174. The number of nitrogens with one attached hydrogen (secondary N) is 1. The predicted molar refractivity (Wildman–Crippen MR) is 85.8 cm³/mol. The molecule has 5 nitrogen and oxygen atoms in total. The number of rotatable bonds is 1. The minimum Gasteiger partial charge on any atom is -0.465 e. The molecule has 1 heterocycles. The number of amidine groups is 1. The van der Waals surface area contributed by atoms with E-state index < -0.39 is 23.6 Å². The summed E-state index contributed by atoms with van der Waals surface area (Å²) in [6.07, 6.45) is -1.30. The van der Waals surface area contributed by atoms with Crippen LogP contribution in [0.15, 0.2) is 23.2 Å². The zero-order valence-electron chi connectivity index (χ0n) is 12.3. The number of nitrogen functional groups attached to an aromatic ring is 1. The first-order valence-corrected chi connectivity index (χ1v) is 8.31. The van der Waals surface area contributed by atoms with Crippen LogP contribution in [0, 0.1) is 11.7 Å². The second kappa shape index (κ2) is 5.99. The molecule has 23 heavy (non-hydrogen) atoms. The van der Waals surface area contributed by atoms with Crippen molar-refractivity contribution < 1.29 is 18.7 Å². The number of anilines is 1. The van der Waals surface area contributed by atoms with Crippen molar-refractivity contribution in [1.29, 1.82) is 0 Å². The molecule has 124 valence electrons. The summed E-state index contributed by atoms with van der Waals surface area (Å²) in [7, 11) is 0. The lowest BCUT2D eigenvalue weighted by Crippen LogP contribution is -2.46. The Balaban J connectivity index is 2.10. The second-order valence-corrected chi connectivity index (χ2v) is 6.90. The Morgan fingerprint density at radius 1 is 1.52 bits per heavy atom. The number of amides is 1. The number of nitrogens with zero attached hydrogens (tertiary/aromatic N) is 1. The van der Waals surface area contributed by atoms with Crippen LogP contribution in [0.2, 0.25) is 0 Å². The Bertz CT molecular complexity index is 670. The monoisotopic (exact) mass is 341 g/mol. The van der Waals surface area contributed by atoms with E-state index in [0.717, 1.165) is 0 Å². The van der Waals surface area contributed by atoms with E-state index in [0.29, 0.717) is 23.4 Å². The molecule has 3 atom stereocenters. The van der Waals surface area contributed by atoms with E-state index in [1.807, 2.05) is 0 Å². The Hall–Kier alpha value is -1.83. The van der Waals surface area contributed by atoms with Crippen molar-refractivity contribution >= 4 is 28.7 Å². The van der Waals surface area contributed by atoms with Gasteiger partial charge >= 0.3 is 6.09 Å². The molecule has 1 aromatic rings. The number of benzene rings is 1. The molecule has 1 aromatic carbocycles. The minimum absolute atomic E-state index is 0.202. The molecule has 0 unspecified atom stereocenters. The van der Waals surface area contributed by atoms with Crippen molar-refractivity contribution in [2.24, 2.45) is 10.9 Å². The van der Waals surface area contributed by atoms with Crippen LogP contribution < -0.4 is 11.1 Å². The number of halogens is 2. The molecule has 1 fully saturated rings. The van der Waals surface area contributed by atoms with E-state index in [1.54, 1.807) is 0 Å². The van der Waals surface area contributed by atoms with Gasteiger partial charge in [-0.05, 0) is 37.5 Å². The van der Waals surface area contributed by atoms with Gasteiger partial charge in [-0.2, -0.15) is 0 Å². The van der Waals surface area contributed by atoms with Gasteiger partial charge in [0.15, 0.2) is 5.17 Å². The number of carbonyl (C=O) groups is 1. The Morgan fingerprint density at radius 3 is 3.04 bits per heavy atom. The highest BCUT2D eigenvalue weighted by Gasteiger charge is 2.49. The molecule has 0 saturated heterocycles. The van der Waals surface area contributed by atoms with Crippen LogP contribution in [0.4, 0.5) is 19.3 Å². The summed E-state index contributed by atoms with van der Waals surface area (Å²) in [4.78, 5) is 15.4. The van der Waals surface area contributed by atoms with E-state index in [1.165, 1.54) is 30.0 Å². The zero-order valence-corrected chi connectivity index (χ0v) is 13.1. The lowest BCUT2D eigenvalue weighted by atomic mass is 9.69. The number of thioether (sulfide) groups is 1. The molecule has 1 aliphatic carbocycles. The van der Waals surface area contributed by atoms with Gasteiger partial charge in [0.2, 0.25) is 0 Å². The fraction of sp³-hybridized carbons (Fsp3) is 0.467. The van der Waals surface area contributed by atoms with Crippen LogP contribution >= 0.6 is 11.8 Å². The van der Waals surface area contributed by atoms with Crippen molar-refractivity contribution in [1.82, 2.24) is 5.32 Å². The predicted octanol–water partition coefficient (Wildman–Crippen LogP) is 3.11. The third-order valence-corrected chi connectivity index (χ3v) is 5.48. The highest BCUT2D eigenvalue weighted by atomic mass is 32.2. The summed E-state index contributed by atoms with van der Waals surface area (Å²) in [6, 6.07) is 4.27. The molecule has 1 saturated carbocycles. The molecule has 8 heteroatoms. The lowest BCUT2D eigenvalue weighted by molar-refractivity contribution is 0.123. The third kappa shape index (κ3) is 2.99. The Morgan fingerprint density at radius 2 is 2.30 bits per heavy atom. The number of hydrogen-bond donors (Lipinski definition) is 3. The molecular weight excluding hydrogens is 324 g/mol. The lowest BCUT2D eigenvalue weighted by Gasteiger charge is -2.45. The standard InChI is InChI=1S/C15H17F2N3O2S/c16-9-3-4-15(11-6-10(18)1-2-12(11)17)8(5-9)7-23-13(20-15)19-14(21)22/h1-2,6,8-9H,3-5,7,18H2,(H,19,20)(H,21,22)/t8-,9+,15-/m0/s1. The normalized spacial score (nSPS) is 30.3.